The summed E-state index contributed by atoms with van der Waals surface area (Å²) in [6, 6.07) is 10.1. The smallest absolute Gasteiger partial charge is 0.0793 e. The summed E-state index contributed by atoms with van der Waals surface area (Å²) in [5, 5.41) is 12.6. The van der Waals surface area contributed by atoms with Gasteiger partial charge in [-0.15, -0.1) is 0 Å². The predicted molar refractivity (Wildman–Crippen MR) is 63.1 cm³/mol. The molecular weight excluding hydrogens is 202 g/mol. The predicted octanol–water partition coefficient (Wildman–Crippen LogP) is 1.32. The third-order valence-electron chi connectivity index (χ3n) is 3.27. The molecule has 0 saturated carbocycles. The summed E-state index contributed by atoms with van der Waals surface area (Å²) in [7, 11) is 0. The van der Waals surface area contributed by atoms with Crippen LogP contribution in [0.5, 0.6) is 0 Å². The average Bonchev–Trinajstić information content (AvgIpc) is 2.70. The first-order valence-corrected chi connectivity index (χ1v) is 5.76. The molecule has 1 heterocycles. The number of rotatable bonds is 4. The van der Waals surface area contributed by atoms with Crippen molar-refractivity contribution in [3.8, 4) is 0 Å². The minimum absolute atomic E-state index is 0.0951. The van der Waals surface area contributed by atoms with Gasteiger partial charge in [0.05, 0.1) is 24.9 Å². The van der Waals surface area contributed by atoms with E-state index in [2.05, 4.69) is 17.4 Å². The van der Waals surface area contributed by atoms with Gasteiger partial charge in [0.15, 0.2) is 0 Å². The molecule has 1 saturated heterocycles. The number of aliphatic hydroxyl groups excluding tert-OH is 1. The van der Waals surface area contributed by atoms with E-state index in [4.69, 9.17) is 4.74 Å². The Kier molecular flexibility index (Phi) is 3.59. The van der Waals surface area contributed by atoms with Gasteiger partial charge in [-0.05, 0) is 25.5 Å². The molecule has 0 bridgehead atoms. The standard InChI is InChI=1S/C13H19NO2/c1-13(10-15)12(7-8-14-13)16-9-11-5-3-2-4-6-11/h2-6,12,14-15H,7-10H2,1H3/t12-,13+/m0/s1. The third kappa shape index (κ3) is 2.43. The highest BCUT2D eigenvalue weighted by Crippen LogP contribution is 2.23. The highest BCUT2D eigenvalue weighted by Gasteiger charge is 2.38. The molecule has 1 aliphatic heterocycles. The zero-order valence-corrected chi connectivity index (χ0v) is 9.65. The van der Waals surface area contributed by atoms with Crippen molar-refractivity contribution in [2.24, 2.45) is 0 Å². The normalized spacial score (nSPS) is 29.5. The zero-order chi connectivity index (χ0) is 11.4. The van der Waals surface area contributed by atoms with E-state index in [-0.39, 0.29) is 18.2 Å². The fraction of sp³-hybridized carbons (Fsp3) is 0.538. The Labute approximate surface area is 96.4 Å². The van der Waals surface area contributed by atoms with Gasteiger partial charge in [0, 0.05) is 0 Å². The van der Waals surface area contributed by atoms with Crippen LogP contribution in [0, 0.1) is 0 Å². The van der Waals surface area contributed by atoms with Crippen molar-refractivity contribution in [3.05, 3.63) is 35.9 Å². The molecule has 0 aliphatic carbocycles. The Morgan fingerprint density at radius 2 is 2.19 bits per heavy atom. The van der Waals surface area contributed by atoms with Gasteiger partial charge in [-0.2, -0.15) is 0 Å². The highest BCUT2D eigenvalue weighted by molar-refractivity contribution is 5.13. The summed E-state index contributed by atoms with van der Waals surface area (Å²) < 4.78 is 5.87. The van der Waals surface area contributed by atoms with Gasteiger partial charge >= 0.3 is 0 Å². The molecule has 1 aromatic carbocycles. The van der Waals surface area contributed by atoms with Gasteiger partial charge in [0.25, 0.3) is 0 Å². The third-order valence-corrected chi connectivity index (χ3v) is 3.27. The monoisotopic (exact) mass is 221 g/mol. The molecule has 0 amide bonds. The van der Waals surface area contributed by atoms with Gasteiger partial charge in [0.1, 0.15) is 0 Å². The largest absolute Gasteiger partial charge is 0.394 e. The topological polar surface area (TPSA) is 41.5 Å². The van der Waals surface area contributed by atoms with Crippen molar-refractivity contribution in [1.29, 1.82) is 0 Å². The van der Waals surface area contributed by atoms with Crippen LogP contribution in [0.2, 0.25) is 0 Å². The Hall–Kier alpha value is -0.900. The number of hydrogen-bond donors (Lipinski definition) is 2. The van der Waals surface area contributed by atoms with E-state index in [9.17, 15) is 5.11 Å². The second kappa shape index (κ2) is 4.95. The lowest BCUT2D eigenvalue weighted by molar-refractivity contribution is -0.0152. The molecule has 3 nitrogen and oxygen atoms in total. The summed E-state index contributed by atoms with van der Waals surface area (Å²) in [6.45, 7) is 3.65. The lowest BCUT2D eigenvalue weighted by Crippen LogP contribution is -2.49. The van der Waals surface area contributed by atoms with Crippen LogP contribution in [-0.4, -0.2) is 29.9 Å². The number of ether oxygens (including phenoxy) is 1. The molecule has 2 rings (SSSR count). The van der Waals surface area contributed by atoms with Gasteiger partial charge in [-0.1, -0.05) is 30.3 Å². The minimum Gasteiger partial charge on any atom is -0.394 e. The maximum Gasteiger partial charge on any atom is 0.0793 e. The van der Waals surface area contributed by atoms with E-state index >= 15 is 0 Å². The van der Waals surface area contributed by atoms with E-state index < -0.39 is 0 Å². The first-order chi connectivity index (χ1) is 7.74. The maximum atomic E-state index is 9.35. The molecule has 1 fully saturated rings. The van der Waals surface area contributed by atoms with E-state index in [0.29, 0.717) is 6.61 Å². The molecule has 1 aromatic rings. The Morgan fingerprint density at radius 1 is 1.44 bits per heavy atom. The highest BCUT2D eigenvalue weighted by atomic mass is 16.5. The van der Waals surface area contributed by atoms with Crippen molar-refractivity contribution < 1.29 is 9.84 Å². The molecule has 16 heavy (non-hydrogen) atoms. The Morgan fingerprint density at radius 3 is 2.88 bits per heavy atom. The van der Waals surface area contributed by atoms with E-state index in [0.717, 1.165) is 13.0 Å². The van der Waals surface area contributed by atoms with Crippen molar-refractivity contribution in [2.45, 2.75) is 31.6 Å². The number of hydrogen-bond acceptors (Lipinski definition) is 3. The Balaban J connectivity index is 1.91. The summed E-state index contributed by atoms with van der Waals surface area (Å²) in [4.78, 5) is 0. The van der Waals surface area contributed by atoms with Crippen molar-refractivity contribution in [2.75, 3.05) is 13.2 Å². The van der Waals surface area contributed by atoms with Gasteiger partial charge < -0.3 is 15.2 Å². The summed E-state index contributed by atoms with van der Waals surface area (Å²) in [5.41, 5.74) is 0.893. The molecule has 2 N–H and O–H groups in total. The van der Waals surface area contributed by atoms with Gasteiger partial charge in [-0.3, -0.25) is 0 Å². The zero-order valence-electron chi connectivity index (χ0n) is 9.65. The first-order valence-electron chi connectivity index (χ1n) is 5.76. The second-order valence-corrected chi connectivity index (χ2v) is 4.58. The van der Waals surface area contributed by atoms with E-state index in [1.54, 1.807) is 0 Å². The average molecular weight is 221 g/mol. The minimum atomic E-state index is -0.283. The van der Waals surface area contributed by atoms with E-state index in [1.807, 2.05) is 25.1 Å². The van der Waals surface area contributed by atoms with Crippen LogP contribution in [0.3, 0.4) is 0 Å². The first kappa shape index (κ1) is 11.6. The number of nitrogens with one attached hydrogen (secondary N) is 1. The number of benzene rings is 1. The van der Waals surface area contributed by atoms with Crippen LogP contribution in [0.4, 0.5) is 0 Å². The van der Waals surface area contributed by atoms with Crippen molar-refractivity contribution in [1.82, 2.24) is 5.32 Å². The molecule has 88 valence electrons. The molecule has 0 spiro atoms. The molecule has 1 aliphatic rings. The van der Waals surface area contributed by atoms with Gasteiger partial charge in [-0.25, -0.2) is 0 Å². The van der Waals surface area contributed by atoms with Gasteiger partial charge in [0.2, 0.25) is 0 Å². The SMILES string of the molecule is C[C@]1(CO)NCC[C@@H]1OCc1ccccc1. The fourth-order valence-electron chi connectivity index (χ4n) is 2.12. The summed E-state index contributed by atoms with van der Waals surface area (Å²) >= 11 is 0. The Bertz CT molecular complexity index is 328. The molecule has 0 radical (unpaired) electrons. The van der Waals surface area contributed by atoms with Crippen LogP contribution in [0.25, 0.3) is 0 Å². The molecule has 0 aromatic heterocycles. The van der Waals surface area contributed by atoms with Crippen LogP contribution in [-0.2, 0) is 11.3 Å². The fourth-order valence-corrected chi connectivity index (χ4v) is 2.12. The summed E-state index contributed by atoms with van der Waals surface area (Å²) in [5.74, 6) is 0. The van der Waals surface area contributed by atoms with Crippen molar-refractivity contribution in [3.63, 3.8) is 0 Å². The molecule has 3 heteroatoms. The number of aliphatic hydroxyl groups is 1. The lowest BCUT2D eigenvalue weighted by atomic mass is 9.98. The maximum absolute atomic E-state index is 9.35. The van der Waals surface area contributed by atoms with Crippen molar-refractivity contribution >= 4 is 0 Å². The molecule has 0 unspecified atom stereocenters. The van der Waals surface area contributed by atoms with Crippen LogP contribution >= 0.6 is 0 Å². The van der Waals surface area contributed by atoms with Crippen LogP contribution < -0.4 is 5.32 Å². The van der Waals surface area contributed by atoms with Crippen LogP contribution in [0.15, 0.2) is 30.3 Å². The van der Waals surface area contributed by atoms with E-state index in [1.165, 1.54) is 5.56 Å². The molecule has 2 atom stereocenters. The lowest BCUT2D eigenvalue weighted by Gasteiger charge is -2.29. The quantitative estimate of drug-likeness (QED) is 0.805. The molecular formula is C13H19NO2. The summed E-state index contributed by atoms with van der Waals surface area (Å²) in [6.07, 6.45) is 1.06. The second-order valence-electron chi connectivity index (χ2n) is 4.58. The van der Waals surface area contributed by atoms with Crippen LogP contribution in [0.1, 0.15) is 18.9 Å².